The number of esters is 4. The molecule has 0 unspecified atom stereocenters. The molecule has 0 aliphatic carbocycles. The molecule has 0 bridgehead atoms. The zero-order chi connectivity index (χ0) is 22.1. The van der Waals surface area contributed by atoms with Crippen LogP contribution in [0.15, 0.2) is 72.8 Å². The smallest absolute Gasteiger partial charge is 0.340 e. The molecule has 0 atom stereocenters. The number of carbonyl (C=O) groups excluding carboxylic acids is 4. The van der Waals surface area contributed by atoms with Crippen molar-refractivity contribution >= 4 is 23.9 Å². The average Bonchev–Trinajstić information content (AvgIpc) is 2.77. The minimum absolute atomic E-state index is 0.0807. The predicted octanol–water partition coefficient (Wildman–Crippen LogP) is 2.48. The molecule has 2 aromatic carbocycles. The summed E-state index contributed by atoms with van der Waals surface area (Å²) >= 11 is 0. The summed E-state index contributed by atoms with van der Waals surface area (Å²) in [7, 11) is 1.97. The molecule has 2 rings (SSSR count). The highest BCUT2D eigenvalue weighted by Gasteiger charge is 2.58. The number of rotatable bonds is 8. The van der Waals surface area contributed by atoms with Gasteiger partial charge >= 0.3 is 23.9 Å². The van der Waals surface area contributed by atoms with Gasteiger partial charge in [-0.1, -0.05) is 43.0 Å². The summed E-state index contributed by atoms with van der Waals surface area (Å²) < 4.78 is 19.7. The molecule has 0 radical (unpaired) electrons. The first-order valence-electron chi connectivity index (χ1n) is 8.74. The Hall–Kier alpha value is -3.94. The van der Waals surface area contributed by atoms with Crippen LogP contribution in [0.2, 0.25) is 0 Å². The standard InChI is InChI=1S/C22H20O8/c1-15(18(23)29-16-10-6-4-7-11-16)14-22(19(24)27-2,20(25)28-3)21(26)30-17-12-8-5-9-13-17/h4-13H,1,14H2,2-3H3. The second-order valence-corrected chi connectivity index (χ2v) is 6.07. The van der Waals surface area contributed by atoms with Crippen LogP contribution >= 0.6 is 0 Å². The normalized spacial score (nSPS) is 10.5. The molecule has 156 valence electrons. The van der Waals surface area contributed by atoms with E-state index in [4.69, 9.17) is 9.47 Å². The van der Waals surface area contributed by atoms with Gasteiger partial charge in [0, 0.05) is 12.0 Å². The molecule has 8 nitrogen and oxygen atoms in total. The van der Waals surface area contributed by atoms with Crippen LogP contribution in [0.3, 0.4) is 0 Å². The van der Waals surface area contributed by atoms with Gasteiger partial charge in [-0.15, -0.1) is 0 Å². The third kappa shape index (κ3) is 4.91. The summed E-state index contributed by atoms with van der Waals surface area (Å²) in [6.07, 6.45) is -0.760. The summed E-state index contributed by atoms with van der Waals surface area (Å²) in [6, 6.07) is 15.9. The Kier molecular flexibility index (Phi) is 7.46. The van der Waals surface area contributed by atoms with Crippen molar-refractivity contribution in [2.24, 2.45) is 5.41 Å². The lowest BCUT2D eigenvalue weighted by Gasteiger charge is -2.26. The Labute approximate surface area is 173 Å². The quantitative estimate of drug-likeness (QED) is 0.282. The Bertz CT molecular complexity index is 918. The highest BCUT2D eigenvalue weighted by atomic mass is 16.6. The fourth-order valence-electron chi connectivity index (χ4n) is 2.56. The minimum atomic E-state index is -2.61. The first-order valence-corrected chi connectivity index (χ1v) is 8.74. The molecule has 8 heteroatoms. The van der Waals surface area contributed by atoms with Gasteiger partial charge < -0.3 is 18.9 Å². The molecule has 0 saturated heterocycles. The van der Waals surface area contributed by atoms with Crippen molar-refractivity contribution in [3.63, 3.8) is 0 Å². The number of benzene rings is 2. The highest BCUT2D eigenvalue weighted by Crippen LogP contribution is 2.32. The summed E-state index contributed by atoms with van der Waals surface area (Å²) in [5.41, 5.74) is -2.94. The fourth-order valence-corrected chi connectivity index (χ4v) is 2.56. The Balaban J connectivity index is 2.35. The van der Waals surface area contributed by atoms with E-state index in [9.17, 15) is 19.2 Å². The monoisotopic (exact) mass is 412 g/mol. The highest BCUT2D eigenvalue weighted by molar-refractivity contribution is 6.19. The van der Waals surface area contributed by atoms with E-state index in [2.05, 4.69) is 16.1 Å². The summed E-state index contributed by atoms with van der Waals surface area (Å²) in [4.78, 5) is 50.5. The molecule has 0 fully saturated rings. The Morgan fingerprint density at radius 2 is 1.17 bits per heavy atom. The van der Waals surface area contributed by atoms with Crippen molar-refractivity contribution in [1.29, 1.82) is 0 Å². The van der Waals surface area contributed by atoms with E-state index in [0.717, 1.165) is 14.2 Å². The van der Waals surface area contributed by atoms with Gasteiger partial charge in [0.15, 0.2) is 0 Å². The maximum absolute atomic E-state index is 12.9. The van der Waals surface area contributed by atoms with Crippen molar-refractivity contribution in [3.05, 3.63) is 72.8 Å². The van der Waals surface area contributed by atoms with Gasteiger partial charge in [0.1, 0.15) is 11.5 Å². The van der Waals surface area contributed by atoms with Crippen molar-refractivity contribution in [3.8, 4) is 11.5 Å². The second-order valence-electron chi connectivity index (χ2n) is 6.07. The molecule has 2 aromatic rings. The van der Waals surface area contributed by atoms with Gasteiger partial charge in [-0.3, -0.25) is 9.59 Å². The predicted molar refractivity (Wildman–Crippen MR) is 104 cm³/mol. The summed E-state index contributed by atoms with van der Waals surface area (Å²) in [5, 5.41) is 0. The van der Waals surface area contributed by atoms with Crippen LogP contribution in [0.4, 0.5) is 0 Å². The van der Waals surface area contributed by atoms with E-state index in [1.54, 1.807) is 36.4 Å². The average molecular weight is 412 g/mol. The minimum Gasteiger partial charge on any atom is -0.468 e. The van der Waals surface area contributed by atoms with E-state index in [-0.39, 0.29) is 17.1 Å². The lowest BCUT2D eigenvalue weighted by molar-refractivity contribution is -0.177. The van der Waals surface area contributed by atoms with E-state index >= 15 is 0 Å². The number of hydrogen-bond donors (Lipinski definition) is 0. The van der Waals surface area contributed by atoms with E-state index < -0.39 is 35.7 Å². The lowest BCUT2D eigenvalue weighted by atomic mass is 9.81. The number of hydrogen-bond acceptors (Lipinski definition) is 8. The molecular formula is C22H20O8. The van der Waals surface area contributed by atoms with E-state index in [1.807, 2.05) is 0 Å². The van der Waals surface area contributed by atoms with Crippen molar-refractivity contribution in [1.82, 2.24) is 0 Å². The van der Waals surface area contributed by atoms with Crippen LogP contribution in [-0.4, -0.2) is 38.1 Å². The second kappa shape index (κ2) is 10.0. The maximum Gasteiger partial charge on any atom is 0.340 e. The van der Waals surface area contributed by atoms with Crippen molar-refractivity contribution in [2.45, 2.75) is 6.42 Å². The molecule has 0 heterocycles. The van der Waals surface area contributed by atoms with Crippen LogP contribution in [-0.2, 0) is 28.7 Å². The van der Waals surface area contributed by atoms with E-state index in [1.165, 1.54) is 24.3 Å². The number of ether oxygens (including phenoxy) is 4. The van der Waals surface area contributed by atoms with Crippen LogP contribution in [0.1, 0.15) is 6.42 Å². The van der Waals surface area contributed by atoms with E-state index in [0.29, 0.717) is 0 Å². The number of carbonyl (C=O) groups is 4. The van der Waals surface area contributed by atoms with Crippen LogP contribution in [0.5, 0.6) is 11.5 Å². The Morgan fingerprint density at radius 3 is 1.60 bits per heavy atom. The van der Waals surface area contributed by atoms with Crippen molar-refractivity contribution < 1.29 is 38.1 Å². The Morgan fingerprint density at radius 1 is 0.733 bits per heavy atom. The molecule has 0 aliphatic heterocycles. The number of methoxy groups -OCH3 is 2. The number of para-hydroxylation sites is 2. The molecule has 0 aliphatic rings. The first-order chi connectivity index (χ1) is 14.3. The zero-order valence-corrected chi connectivity index (χ0v) is 16.5. The topological polar surface area (TPSA) is 105 Å². The molecular weight excluding hydrogens is 392 g/mol. The van der Waals surface area contributed by atoms with Crippen LogP contribution in [0.25, 0.3) is 0 Å². The van der Waals surface area contributed by atoms with Crippen molar-refractivity contribution in [2.75, 3.05) is 14.2 Å². The van der Waals surface area contributed by atoms with Gasteiger partial charge in [-0.25, -0.2) is 9.59 Å². The third-order valence-corrected chi connectivity index (χ3v) is 4.09. The molecule has 0 amide bonds. The fraction of sp³-hybridized carbons (Fsp3) is 0.182. The third-order valence-electron chi connectivity index (χ3n) is 4.09. The first kappa shape index (κ1) is 22.4. The molecule has 30 heavy (non-hydrogen) atoms. The van der Waals surface area contributed by atoms with Crippen LogP contribution < -0.4 is 9.47 Å². The van der Waals surface area contributed by atoms with Gasteiger partial charge in [0.25, 0.3) is 5.41 Å². The molecule has 0 saturated carbocycles. The maximum atomic E-state index is 12.9. The van der Waals surface area contributed by atoms with Crippen LogP contribution in [0, 0.1) is 5.41 Å². The van der Waals surface area contributed by atoms with Gasteiger partial charge in [0.05, 0.1) is 14.2 Å². The summed E-state index contributed by atoms with van der Waals surface area (Å²) in [5.74, 6) is -4.44. The molecule has 0 N–H and O–H groups in total. The summed E-state index contributed by atoms with van der Waals surface area (Å²) in [6.45, 7) is 3.56. The largest absolute Gasteiger partial charge is 0.468 e. The lowest BCUT2D eigenvalue weighted by Crippen LogP contribution is -2.50. The molecule has 0 spiro atoms. The zero-order valence-electron chi connectivity index (χ0n) is 16.5. The SMILES string of the molecule is C=C(CC(C(=O)OC)(C(=O)OC)C(=O)Oc1ccccc1)C(=O)Oc1ccccc1. The molecule has 0 aromatic heterocycles. The van der Waals surface area contributed by atoms with Gasteiger partial charge in [0.2, 0.25) is 0 Å². The van der Waals surface area contributed by atoms with Gasteiger partial charge in [-0.05, 0) is 24.3 Å². The van der Waals surface area contributed by atoms with Gasteiger partial charge in [-0.2, -0.15) is 0 Å².